The predicted molar refractivity (Wildman–Crippen MR) is 173 cm³/mol. The Morgan fingerprint density at radius 2 is 1.71 bits per heavy atom. The number of ether oxygens (including phenoxy) is 1. The molecule has 3 atom stereocenters. The maximum Gasteiger partial charge on any atom is 0.332 e. The third-order valence-corrected chi connectivity index (χ3v) is 8.93. The largest absolute Gasteiger partial charge is 0.497 e. The van der Waals surface area contributed by atoms with Gasteiger partial charge in [-0.15, -0.1) is 0 Å². The summed E-state index contributed by atoms with van der Waals surface area (Å²) in [4.78, 5) is 47.7. The lowest BCUT2D eigenvalue weighted by molar-refractivity contribution is -0.120. The minimum absolute atomic E-state index is 0.0169. The molecule has 7 rings (SSSR count). The van der Waals surface area contributed by atoms with Gasteiger partial charge in [0.25, 0.3) is 11.8 Å². The van der Waals surface area contributed by atoms with Gasteiger partial charge in [0, 0.05) is 34.6 Å². The van der Waals surface area contributed by atoms with Crippen LogP contribution in [-0.2, 0) is 17.6 Å². The monoisotopic (exact) mass is 598 g/mol. The number of fused-ring (bicyclic) bond motifs is 4. The van der Waals surface area contributed by atoms with Gasteiger partial charge in [0.1, 0.15) is 17.8 Å². The van der Waals surface area contributed by atoms with Gasteiger partial charge in [0.2, 0.25) is 0 Å². The zero-order chi connectivity index (χ0) is 31.1. The van der Waals surface area contributed by atoms with Crippen LogP contribution >= 0.6 is 0 Å². The third kappa shape index (κ3) is 5.12. The van der Waals surface area contributed by atoms with E-state index in [0.717, 1.165) is 40.6 Å². The Bertz CT molecular complexity index is 1900. The number of carbonyl (C=O) groups excluding carboxylic acids is 3. The molecule has 8 nitrogen and oxygen atoms in total. The SMILES string of the molecule is COc1cccc([C@@H]2c3[nH]c4ccccc4c3C[C@H]3C(=O)N(c4ccc(C(=O)N[C@H](C)CCc5ccccc5)cc4)C(=O)N23)c1. The molecule has 2 N–H and O–H groups in total. The number of rotatable bonds is 8. The fourth-order valence-electron chi connectivity index (χ4n) is 6.64. The molecule has 0 spiro atoms. The molecule has 45 heavy (non-hydrogen) atoms. The lowest BCUT2D eigenvalue weighted by atomic mass is 9.89. The number of benzene rings is 4. The highest BCUT2D eigenvalue weighted by molar-refractivity contribution is 6.22. The summed E-state index contributed by atoms with van der Waals surface area (Å²) < 4.78 is 5.51. The van der Waals surface area contributed by atoms with Gasteiger partial charge >= 0.3 is 6.03 Å². The van der Waals surface area contributed by atoms with E-state index in [-0.39, 0.29) is 17.9 Å². The molecule has 3 heterocycles. The number of para-hydroxylation sites is 1. The topological polar surface area (TPSA) is 94.7 Å². The van der Waals surface area contributed by atoms with E-state index in [0.29, 0.717) is 23.4 Å². The second-order valence-corrected chi connectivity index (χ2v) is 11.8. The Balaban J connectivity index is 1.15. The van der Waals surface area contributed by atoms with Crippen LogP contribution in [0.2, 0.25) is 0 Å². The summed E-state index contributed by atoms with van der Waals surface area (Å²) in [6.45, 7) is 1.99. The van der Waals surface area contributed by atoms with Crippen molar-refractivity contribution in [3.8, 4) is 5.75 Å². The average molecular weight is 599 g/mol. The Morgan fingerprint density at radius 1 is 0.956 bits per heavy atom. The summed E-state index contributed by atoms with van der Waals surface area (Å²) in [5.41, 5.74) is 5.89. The van der Waals surface area contributed by atoms with Crippen LogP contribution in [0.4, 0.5) is 10.5 Å². The Hall–Kier alpha value is -5.37. The number of aryl methyl sites for hydroxylation is 1. The Morgan fingerprint density at radius 3 is 2.49 bits per heavy atom. The van der Waals surface area contributed by atoms with Crippen molar-refractivity contribution in [2.45, 2.75) is 44.3 Å². The van der Waals surface area contributed by atoms with Crippen LogP contribution in [0, 0.1) is 0 Å². The zero-order valence-electron chi connectivity index (χ0n) is 25.2. The molecule has 4 amide bonds. The van der Waals surface area contributed by atoms with Crippen molar-refractivity contribution < 1.29 is 19.1 Å². The maximum absolute atomic E-state index is 14.2. The Kier molecular flexibility index (Phi) is 7.33. The second-order valence-electron chi connectivity index (χ2n) is 11.8. The fraction of sp³-hybridized carbons (Fsp3) is 0.216. The molecule has 0 aliphatic carbocycles. The number of hydrogen-bond donors (Lipinski definition) is 2. The van der Waals surface area contributed by atoms with Gasteiger partial charge in [0.05, 0.1) is 12.8 Å². The van der Waals surface area contributed by atoms with Crippen molar-refractivity contribution >= 4 is 34.4 Å². The highest BCUT2D eigenvalue weighted by atomic mass is 16.5. The number of anilines is 1. The van der Waals surface area contributed by atoms with E-state index in [1.54, 1.807) is 36.3 Å². The van der Waals surface area contributed by atoms with Gasteiger partial charge < -0.3 is 15.0 Å². The molecule has 0 radical (unpaired) electrons. The van der Waals surface area contributed by atoms with Gasteiger partial charge in [-0.1, -0.05) is 60.7 Å². The average Bonchev–Trinajstić information content (AvgIpc) is 3.57. The molecule has 8 heteroatoms. The fourth-order valence-corrected chi connectivity index (χ4v) is 6.64. The van der Waals surface area contributed by atoms with E-state index < -0.39 is 18.1 Å². The molecule has 2 aliphatic rings. The summed E-state index contributed by atoms with van der Waals surface area (Å²) >= 11 is 0. The van der Waals surface area contributed by atoms with Crippen LogP contribution in [0.3, 0.4) is 0 Å². The van der Waals surface area contributed by atoms with E-state index in [1.807, 2.05) is 73.7 Å². The molecule has 1 aromatic heterocycles. The molecule has 1 fully saturated rings. The van der Waals surface area contributed by atoms with E-state index >= 15 is 0 Å². The number of urea groups is 1. The van der Waals surface area contributed by atoms with Crippen molar-refractivity contribution in [2.75, 3.05) is 12.0 Å². The molecule has 1 saturated heterocycles. The van der Waals surface area contributed by atoms with E-state index in [2.05, 4.69) is 22.4 Å². The molecular formula is C37H34N4O4. The van der Waals surface area contributed by atoms with Crippen LogP contribution in [0.15, 0.2) is 103 Å². The van der Waals surface area contributed by atoms with Crippen molar-refractivity contribution in [2.24, 2.45) is 0 Å². The number of carbonyl (C=O) groups is 3. The highest BCUT2D eigenvalue weighted by Gasteiger charge is 2.53. The van der Waals surface area contributed by atoms with Gasteiger partial charge in [-0.05, 0) is 78.9 Å². The first-order valence-electron chi connectivity index (χ1n) is 15.3. The number of amides is 4. The molecule has 5 aromatic rings. The number of imide groups is 1. The van der Waals surface area contributed by atoms with Gasteiger partial charge in [-0.25, -0.2) is 9.69 Å². The molecule has 0 unspecified atom stereocenters. The molecule has 4 aromatic carbocycles. The summed E-state index contributed by atoms with van der Waals surface area (Å²) in [6, 6.07) is 30.9. The molecule has 0 saturated carbocycles. The number of nitrogens with one attached hydrogen (secondary N) is 2. The molecule has 2 aliphatic heterocycles. The minimum atomic E-state index is -0.672. The highest BCUT2D eigenvalue weighted by Crippen LogP contribution is 2.45. The van der Waals surface area contributed by atoms with Crippen LogP contribution in [-0.4, -0.2) is 46.9 Å². The van der Waals surface area contributed by atoms with Crippen LogP contribution < -0.4 is 15.0 Å². The number of H-pyrrole nitrogens is 1. The van der Waals surface area contributed by atoms with Crippen LogP contribution in [0.25, 0.3) is 10.9 Å². The minimum Gasteiger partial charge on any atom is -0.497 e. The summed E-state index contributed by atoms with van der Waals surface area (Å²) in [5.74, 6) is 0.197. The number of nitrogens with zero attached hydrogens (tertiary/aromatic N) is 2. The van der Waals surface area contributed by atoms with Crippen molar-refractivity contribution in [1.29, 1.82) is 0 Å². The summed E-state index contributed by atoms with van der Waals surface area (Å²) in [5, 5.41) is 4.11. The van der Waals surface area contributed by atoms with Gasteiger partial charge in [-0.3, -0.25) is 14.5 Å². The van der Waals surface area contributed by atoms with Crippen LogP contribution in [0.1, 0.15) is 52.1 Å². The molecular weight excluding hydrogens is 564 g/mol. The quantitative estimate of drug-likeness (QED) is 0.202. The second kappa shape index (κ2) is 11.6. The summed E-state index contributed by atoms with van der Waals surface area (Å²) in [6.07, 6.45) is 2.09. The van der Waals surface area contributed by atoms with Crippen molar-refractivity contribution in [3.05, 3.63) is 131 Å². The summed E-state index contributed by atoms with van der Waals surface area (Å²) in [7, 11) is 1.61. The van der Waals surface area contributed by atoms with E-state index in [1.165, 1.54) is 10.5 Å². The van der Waals surface area contributed by atoms with E-state index in [4.69, 9.17) is 4.74 Å². The normalized spacial score (nSPS) is 18.1. The molecule has 226 valence electrons. The number of hydrogen-bond acceptors (Lipinski definition) is 4. The maximum atomic E-state index is 14.2. The lowest BCUT2D eigenvalue weighted by Crippen LogP contribution is -2.44. The lowest BCUT2D eigenvalue weighted by Gasteiger charge is -2.36. The van der Waals surface area contributed by atoms with Crippen LogP contribution in [0.5, 0.6) is 5.75 Å². The first-order valence-corrected chi connectivity index (χ1v) is 15.3. The van der Waals surface area contributed by atoms with E-state index in [9.17, 15) is 14.4 Å². The first-order chi connectivity index (χ1) is 21.9. The predicted octanol–water partition coefficient (Wildman–Crippen LogP) is 6.41. The zero-order valence-corrected chi connectivity index (χ0v) is 25.2. The number of aromatic amines is 1. The third-order valence-electron chi connectivity index (χ3n) is 8.93. The Labute approximate surface area is 261 Å². The number of methoxy groups -OCH3 is 1. The first kappa shape index (κ1) is 28.4. The van der Waals surface area contributed by atoms with Gasteiger partial charge in [0.15, 0.2) is 0 Å². The standard InChI is InChI=1S/C37H34N4O4/c1-23(15-16-24-9-4-3-5-10-24)38-35(42)25-17-19-27(20-18-25)40-36(43)32-22-30-29-13-6-7-14-31(29)39-33(30)34(41(32)37(40)44)26-11-8-12-28(21-26)45-2/h3-14,17-21,23,32,34,39H,15-16,22H2,1-2H3,(H,38,42)/t23-,32+,34-/m1/s1. The number of aromatic nitrogens is 1. The van der Waals surface area contributed by atoms with Crippen molar-refractivity contribution in [3.63, 3.8) is 0 Å². The molecule has 0 bridgehead atoms. The van der Waals surface area contributed by atoms with Crippen molar-refractivity contribution in [1.82, 2.24) is 15.2 Å². The van der Waals surface area contributed by atoms with Gasteiger partial charge in [-0.2, -0.15) is 0 Å². The smallest absolute Gasteiger partial charge is 0.332 e.